The maximum Gasteiger partial charge on any atom is 0.510 e. The van der Waals surface area contributed by atoms with Crippen molar-refractivity contribution in [3.8, 4) is 5.75 Å². The highest BCUT2D eigenvalue weighted by molar-refractivity contribution is 7.98. The molecule has 13 heteroatoms. The molecule has 0 saturated carbocycles. The summed E-state index contributed by atoms with van der Waals surface area (Å²) in [5, 5.41) is 1.89. The van der Waals surface area contributed by atoms with E-state index in [1.54, 1.807) is 15.6 Å². The van der Waals surface area contributed by atoms with Crippen LogP contribution in [0.15, 0.2) is 46.2 Å². The summed E-state index contributed by atoms with van der Waals surface area (Å²) in [5.41, 5.74) is 3.46. The zero-order chi connectivity index (χ0) is 30.5. The molecule has 2 aromatic carbocycles. The van der Waals surface area contributed by atoms with Gasteiger partial charge >= 0.3 is 6.16 Å². The number of hydrogen-bond acceptors (Lipinski definition) is 9. The fourth-order valence-corrected chi connectivity index (χ4v) is 7.74. The molecule has 0 spiro atoms. The van der Waals surface area contributed by atoms with Crippen LogP contribution in [0.25, 0.3) is 0 Å². The van der Waals surface area contributed by atoms with E-state index < -0.39 is 48.1 Å². The molecule has 0 radical (unpaired) electrons. The fourth-order valence-electron chi connectivity index (χ4n) is 6.59. The van der Waals surface area contributed by atoms with Crippen LogP contribution in [0.4, 0.5) is 13.6 Å². The summed E-state index contributed by atoms with van der Waals surface area (Å²) in [6.45, 7) is -0.0247. The molecule has 2 unspecified atom stereocenters. The van der Waals surface area contributed by atoms with Gasteiger partial charge in [-0.1, -0.05) is 12.1 Å². The number of aryl methyl sites for hydroxylation is 2. The third-order valence-electron chi connectivity index (χ3n) is 8.63. The standard InChI is InChI=1S/C31H29F2N3O7S/c1-40-31(39)43-16-42-29-23(37)8-9-35-28(29)30(38)34-10-11-41-14-25(34)36(35)27-19-6-7-22(32)26(33)21(19)15-44-24-13-18-5-3-2-4-17(18)12-20(24)27/h6-9,12-13,25,27H,2-5,10-11,14-16H2,1H3. The number of halogens is 2. The molecule has 1 aromatic heterocycles. The minimum Gasteiger partial charge on any atom is -0.451 e. The van der Waals surface area contributed by atoms with Crippen molar-refractivity contribution in [1.29, 1.82) is 0 Å². The molecule has 3 aromatic rings. The lowest BCUT2D eigenvalue weighted by atomic mass is 9.86. The second kappa shape index (κ2) is 11.4. The van der Waals surface area contributed by atoms with Crippen LogP contribution in [0.1, 0.15) is 57.2 Å². The number of rotatable bonds is 4. The van der Waals surface area contributed by atoms with Crippen molar-refractivity contribution >= 4 is 23.8 Å². The smallest absolute Gasteiger partial charge is 0.451 e. The lowest BCUT2D eigenvalue weighted by Gasteiger charge is -2.51. The van der Waals surface area contributed by atoms with Crippen LogP contribution in [-0.4, -0.2) is 61.5 Å². The Kier molecular flexibility index (Phi) is 7.45. The van der Waals surface area contributed by atoms with Gasteiger partial charge in [-0.05, 0) is 60.1 Å². The first-order chi connectivity index (χ1) is 21.4. The van der Waals surface area contributed by atoms with Gasteiger partial charge in [-0.2, -0.15) is 0 Å². The van der Waals surface area contributed by atoms with Gasteiger partial charge in [0.2, 0.25) is 18.0 Å². The lowest BCUT2D eigenvalue weighted by molar-refractivity contribution is -0.0209. The quantitative estimate of drug-likeness (QED) is 0.311. The Morgan fingerprint density at radius 2 is 1.89 bits per heavy atom. The molecule has 1 aliphatic carbocycles. The van der Waals surface area contributed by atoms with Crippen LogP contribution in [0.2, 0.25) is 0 Å². The van der Waals surface area contributed by atoms with Crippen LogP contribution in [0, 0.1) is 11.6 Å². The Hall–Kier alpha value is -4.10. The van der Waals surface area contributed by atoms with Gasteiger partial charge in [-0.3, -0.25) is 19.3 Å². The van der Waals surface area contributed by atoms with Gasteiger partial charge in [0.1, 0.15) is 6.17 Å². The Labute approximate surface area is 255 Å². The number of fused-ring (bicyclic) bond motifs is 5. The highest BCUT2D eigenvalue weighted by Gasteiger charge is 2.46. The van der Waals surface area contributed by atoms with Crippen LogP contribution < -0.4 is 15.2 Å². The number of hydrogen-bond donors (Lipinski definition) is 0. The summed E-state index contributed by atoms with van der Waals surface area (Å²) in [6, 6.07) is 7.61. The molecular formula is C31H29F2N3O7S. The second-order valence-corrected chi connectivity index (χ2v) is 12.0. The number of ether oxygens (including phenoxy) is 4. The van der Waals surface area contributed by atoms with Crippen LogP contribution in [-0.2, 0) is 32.8 Å². The van der Waals surface area contributed by atoms with E-state index in [0.717, 1.165) is 49.3 Å². The topological polar surface area (TPSA) is 99.5 Å². The number of carbonyl (C=O) groups excluding carboxylic acids is 2. The van der Waals surface area contributed by atoms with E-state index in [1.165, 1.54) is 35.2 Å². The Morgan fingerprint density at radius 3 is 2.68 bits per heavy atom. The van der Waals surface area contributed by atoms with Crippen molar-refractivity contribution < 1.29 is 37.3 Å². The molecule has 44 heavy (non-hydrogen) atoms. The van der Waals surface area contributed by atoms with Gasteiger partial charge in [0, 0.05) is 35.0 Å². The summed E-state index contributed by atoms with van der Waals surface area (Å²) in [4.78, 5) is 41.2. The van der Waals surface area contributed by atoms with Gasteiger partial charge in [-0.25, -0.2) is 13.6 Å². The van der Waals surface area contributed by atoms with Crippen molar-refractivity contribution in [3.05, 3.63) is 91.9 Å². The van der Waals surface area contributed by atoms with E-state index >= 15 is 4.39 Å². The highest BCUT2D eigenvalue weighted by Crippen LogP contribution is 2.46. The number of carbonyl (C=O) groups is 2. The summed E-state index contributed by atoms with van der Waals surface area (Å²) in [6.07, 6.45) is 3.81. The van der Waals surface area contributed by atoms with Crippen molar-refractivity contribution in [2.45, 2.75) is 48.5 Å². The number of nitrogens with zero attached hydrogens (tertiary/aromatic N) is 3. The average Bonchev–Trinajstić information content (AvgIpc) is 3.19. The van der Waals surface area contributed by atoms with Gasteiger partial charge < -0.3 is 23.8 Å². The number of pyridine rings is 1. The number of thioether (sulfide) groups is 1. The van der Waals surface area contributed by atoms with E-state index in [9.17, 15) is 18.8 Å². The monoisotopic (exact) mass is 625 g/mol. The first-order valence-corrected chi connectivity index (χ1v) is 15.4. The van der Waals surface area contributed by atoms with E-state index in [1.807, 2.05) is 5.01 Å². The molecule has 1 saturated heterocycles. The van der Waals surface area contributed by atoms with Gasteiger partial charge in [0.15, 0.2) is 17.3 Å². The molecular weight excluding hydrogens is 596 g/mol. The van der Waals surface area contributed by atoms with Crippen LogP contribution in [0.3, 0.4) is 0 Å². The zero-order valence-electron chi connectivity index (χ0n) is 23.8. The highest BCUT2D eigenvalue weighted by atomic mass is 32.2. The largest absolute Gasteiger partial charge is 0.510 e. The first kappa shape index (κ1) is 28.7. The SMILES string of the molecule is COC(=O)OCOc1c2n(ccc1=O)N(C1c3cc4c(cc3SCc3c1ccc(F)c3F)CCCC4)C1COCCN1C2=O. The average molecular weight is 626 g/mol. The van der Waals surface area contributed by atoms with Crippen molar-refractivity contribution in [2.24, 2.45) is 0 Å². The number of morpholine rings is 1. The number of benzene rings is 2. The van der Waals surface area contributed by atoms with Gasteiger partial charge in [-0.15, -0.1) is 11.8 Å². The lowest BCUT2D eigenvalue weighted by Crippen LogP contribution is -2.66. The predicted molar refractivity (Wildman–Crippen MR) is 154 cm³/mol. The Balaban J connectivity index is 1.46. The Morgan fingerprint density at radius 1 is 1.09 bits per heavy atom. The van der Waals surface area contributed by atoms with E-state index in [0.29, 0.717) is 5.56 Å². The van der Waals surface area contributed by atoms with Crippen molar-refractivity contribution in [2.75, 3.05) is 38.7 Å². The van der Waals surface area contributed by atoms with Crippen LogP contribution in [0.5, 0.6) is 5.75 Å². The summed E-state index contributed by atoms with van der Waals surface area (Å²) in [5.74, 6) is -2.41. The molecule has 4 aliphatic rings. The molecule has 1 fully saturated rings. The van der Waals surface area contributed by atoms with E-state index in [2.05, 4.69) is 16.9 Å². The molecule has 1 amide bonds. The van der Waals surface area contributed by atoms with E-state index in [4.69, 9.17) is 14.2 Å². The molecule has 7 rings (SSSR count). The second-order valence-electron chi connectivity index (χ2n) is 11.0. The minimum atomic E-state index is -1.02. The predicted octanol–water partition coefficient (Wildman–Crippen LogP) is 4.27. The third kappa shape index (κ3) is 4.69. The normalized spacial score (nSPS) is 20.4. The maximum atomic E-state index is 15.6. The molecule has 230 valence electrons. The molecule has 2 atom stereocenters. The van der Waals surface area contributed by atoms with Crippen molar-refractivity contribution in [1.82, 2.24) is 9.58 Å². The zero-order valence-corrected chi connectivity index (χ0v) is 24.7. The molecule has 0 N–H and O–H groups in total. The fraction of sp³-hybridized carbons (Fsp3) is 0.387. The third-order valence-corrected chi connectivity index (χ3v) is 9.73. The maximum absolute atomic E-state index is 15.6. The summed E-state index contributed by atoms with van der Waals surface area (Å²) in [7, 11) is 1.13. The number of amides is 1. The summed E-state index contributed by atoms with van der Waals surface area (Å²) < 4.78 is 52.5. The molecule has 10 nitrogen and oxygen atoms in total. The first-order valence-electron chi connectivity index (χ1n) is 14.4. The minimum absolute atomic E-state index is 0.0790. The van der Waals surface area contributed by atoms with E-state index in [-0.39, 0.29) is 42.5 Å². The molecule has 4 heterocycles. The molecule has 3 aliphatic heterocycles. The van der Waals surface area contributed by atoms with Crippen LogP contribution >= 0.6 is 11.8 Å². The summed E-state index contributed by atoms with van der Waals surface area (Å²) >= 11 is 1.46. The molecule has 0 bridgehead atoms. The van der Waals surface area contributed by atoms with Crippen molar-refractivity contribution in [3.63, 3.8) is 0 Å². The Bertz CT molecular complexity index is 1730. The van der Waals surface area contributed by atoms with Gasteiger partial charge in [0.05, 0.1) is 26.4 Å². The van der Waals surface area contributed by atoms with Gasteiger partial charge in [0.25, 0.3) is 5.91 Å². The number of methoxy groups -OCH3 is 1. The number of aromatic nitrogens is 1.